The summed E-state index contributed by atoms with van der Waals surface area (Å²) in [6.07, 6.45) is 3.14. The van der Waals surface area contributed by atoms with Crippen LogP contribution in [-0.4, -0.2) is 10.9 Å². The first kappa shape index (κ1) is 23.5. The van der Waals surface area contributed by atoms with Crippen LogP contribution in [0.4, 0.5) is 18.9 Å². The zero-order valence-corrected chi connectivity index (χ0v) is 18.3. The minimum Gasteiger partial charge on any atom is -0.322 e. The molecule has 3 aromatic carbocycles. The number of rotatable bonds is 5. The lowest BCUT2D eigenvalue weighted by Crippen LogP contribution is -2.08. The van der Waals surface area contributed by atoms with Gasteiger partial charge in [0.2, 0.25) is 5.91 Å². The number of pyridine rings is 1. The monoisotopic (exact) mass is 469 g/mol. The molecule has 1 amide bonds. The van der Waals surface area contributed by atoms with Crippen LogP contribution in [0.3, 0.4) is 0 Å². The largest absolute Gasteiger partial charge is 0.416 e. The van der Waals surface area contributed by atoms with Gasteiger partial charge in [0.05, 0.1) is 17.2 Å². The first-order chi connectivity index (χ1) is 16.8. The fourth-order valence-electron chi connectivity index (χ4n) is 3.62. The van der Waals surface area contributed by atoms with E-state index in [1.807, 2.05) is 12.1 Å². The van der Waals surface area contributed by atoms with Crippen LogP contribution in [-0.2, 0) is 11.0 Å². The van der Waals surface area contributed by atoms with E-state index < -0.39 is 17.6 Å². The van der Waals surface area contributed by atoms with Gasteiger partial charge in [-0.05, 0) is 53.1 Å². The first-order valence-electron chi connectivity index (χ1n) is 10.6. The second kappa shape index (κ2) is 10.1. The third-order valence-corrected chi connectivity index (χ3v) is 5.25. The van der Waals surface area contributed by atoms with Gasteiger partial charge in [0.1, 0.15) is 0 Å². The number of benzene rings is 3. The van der Waals surface area contributed by atoms with E-state index in [2.05, 4.69) is 10.3 Å². The van der Waals surface area contributed by atoms with Crippen molar-refractivity contribution in [3.63, 3.8) is 0 Å². The van der Waals surface area contributed by atoms with Crippen molar-refractivity contribution in [2.24, 2.45) is 0 Å². The van der Waals surface area contributed by atoms with Gasteiger partial charge in [0, 0.05) is 34.9 Å². The molecule has 0 saturated heterocycles. The van der Waals surface area contributed by atoms with E-state index in [1.165, 1.54) is 18.2 Å². The number of halogens is 3. The van der Waals surface area contributed by atoms with Crippen molar-refractivity contribution in [2.45, 2.75) is 6.18 Å². The number of nitrogens with one attached hydrogen (secondary N) is 1. The standard InChI is InChI=1S/C28H18F3N3O/c29-28(30,31)23-9-2-7-21(16-23)24(20-6-1-5-19(15-20)17-32)10-4-12-27(35)34-26-11-3-8-22-18-33-14-13-25(22)26/h1-16,18H,(H,34,35)/b12-4+,24-10+. The smallest absolute Gasteiger partial charge is 0.322 e. The Hall–Kier alpha value is -4.70. The molecule has 1 N–H and O–H groups in total. The number of anilines is 1. The maximum atomic E-state index is 13.3. The predicted molar refractivity (Wildman–Crippen MR) is 129 cm³/mol. The number of carbonyl (C=O) groups excluding carboxylic acids is 1. The summed E-state index contributed by atoms with van der Waals surface area (Å²) in [5, 5.41) is 13.8. The number of fused-ring (bicyclic) bond motifs is 1. The van der Waals surface area contributed by atoms with Crippen LogP contribution in [0.5, 0.6) is 0 Å². The molecule has 0 bridgehead atoms. The number of alkyl halides is 3. The van der Waals surface area contributed by atoms with Gasteiger partial charge in [0.15, 0.2) is 0 Å². The lowest BCUT2D eigenvalue weighted by Gasteiger charge is -2.12. The molecule has 0 fully saturated rings. The summed E-state index contributed by atoms with van der Waals surface area (Å²) in [5.74, 6) is -0.403. The van der Waals surface area contributed by atoms with Crippen LogP contribution in [0.2, 0.25) is 0 Å². The van der Waals surface area contributed by atoms with Crippen molar-refractivity contribution in [1.29, 1.82) is 5.26 Å². The normalized spacial score (nSPS) is 12.0. The van der Waals surface area contributed by atoms with Gasteiger partial charge in [-0.25, -0.2) is 0 Å². The molecule has 172 valence electrons. The van der Waals surface area contributed by atoms with Crippen molar-refractivity contribution >= 4 is 27.9 Å². The fraction of sp³-hybridized carbons (Fsp3) is 0.0357. The number of hydrogen-bond donors (Lipinski definition) is 1. The molecule has 7 heteroatoms. The lowest BCUT2D eigenvalue weighted by molar-refractivity contribution is -0.137. The third kappa shape index (κ3) is 5.63. The zero-order valence-electron chi connectivity index (χ0n) is 18.3. The van der Waals surface area contributed by atoms with Gasteiger partial charge < -0.3 is 5.32 Å². The van der Waals surface area contributed by atoms with E-state index >= 15 is 0 Å². The average Bonchev–Trinajstić information content (AvgIpc) is 2.86. The van der Waals surface area contributed by atoms with E-state index in [0.29, 0.717) is 28.0 Å². The number of carbonyl (C=O) groups is 1. The number of nitrogens with zero attached hydrogens (tertiary/aromatic N) is 2. The van der Waals surface area contributed by atoms with Crippen LogP contribution in [0.15, 0.2) is 103 Å². The van der Waals surface area contributed by atoms with Crippen LogP contribution < -0.4 is 5.32 Å². The maximum absolute atomic E-state index is 13.3. The minimum atomic E-state index is -4.50. The molecule has 0 saturated carbocycles. The molecule has 0 spiro atoms. The number of nitriles is 1. The van der Waals surface area contributed by atoms with Crippen molar-refractivity contribution in [1.82, 2.24) is 4.98 Å². The van der Waals surface area contributed by atoms with Gasteiger partial charge >= 0.3 is 6.18 Å². The maximum Gasteiger partial charge on any atom is 0.416 e. The van der Waals surface area contributed by atoms with Crippen LogP contribution in [0, 0.1) is 11.3 Å². The molecule has 0 aliphatic carbocycles. The second-order valence-electron chi connectivity index (χ2n) is 7.60. The van der Waals surface area contributed by atoms with Gasteiger partial charge in [-0.15, -0.1) is 0 Å². The molecule has 4 rings (SSSR count). The average molecular weight is 469 g/mol. The molecule has 1 aromatic heterocycles. The Bertz CT molecular complexity index is 1490. The molecular formula is C28H18F3N3O. The quantitative estimate of drug-likeness (QED) is 0.260. The molecule has 0 atom stereocenters. The molecular weight excluding hydrogens is 451 g/mol. The van der Waals surface area contributed by atoms with E-state index in [0.717, 1.165) is 22.9 Å². The number of hydrogen-bond acceptors (Lipinski definition) is 3. The zero-order chi connectivity index (χ0) is 24.8. The Labute approximate surface area is 199 Å². The fourth-order valence-corrected chi connectivity index (χ4v) is 3.62. The summed E-state index contributed by atoms with van der Waals surface area (Å²) < 4.78 is 39.9. The molecule has 0 aliphatic rings. The molecule has 0 unspecified atom stereocenters. The van der Waals surface area contributed by atoms with Crippen LogP contribution in [0.1, 0.15) is 22.3 Å². The Balaban J connectivity index is 1.67. The van der Waals surface area contributed by atoms with Crippen LogP contribution >= 0.6 is 0 Å². The van der Waals surface area contributed by atoms with Crippen molar-refractivity contribution in [3.05, 3.63) is 126 Å². The van der Waals surface area contributed by atoms with Crippen LogP contribution in [0.25, 0.3) is 16.3 Å². The molecule has 0 aliphatic heterocycles. The molecule has 1 heterocycles. The van der Waals surface area contributed by atoms with E-state index in [9.17, 15) is 23.2 Å². The molecule has 35 heavy (non-hydrogen) atoms. The van der Waals surface area contributed by atoms with E-state index in [-0.39, 0.29) is 0 Å². The second-order valence-corrected chi connectivity index (χ2v) is 7.60. The highest BCUT2D eigenvalue weighted by molar-refractivity contribution is 6.06. The van der Waals surface area contributed by atoms with Crippen molar-refractivity contribution in [3.8, 4) is 6.07 Å². The van der Waals surface area contributed by atoms with Gasteiger partial charge in [-0.2, -0.15) is 18.4 Å². The predicted octanol–water partition coefficient (Wildman–Crippen LogP) is 6.75. The number of allylic oxidation sites excluding steroid dienone is 2. The molecule has 4 nitrogen and oxygen atoms in total. The Morgan fingerprint density at radius 2 is 1.71 bits per heavy atom. The Morgan fingerprint density at radius 1 is 0.971 bits per heavy atom. The number of amides is 1. The van der Waals surface area contributed by atoms with Gasteiger partial charge in [0.25, 0.3) is 0 Å². The highest BCUT2D eigenvalue weighted by Crippen LogP contribution is 2.33. The summed E-state index contributed by atoms with van der Waals surface area (Å²) in [6.45, 7) is 0. The van der Waals surface area contributed by atoms with Crippen molar-refractivity contribution < 1.29 is 18.0 Å². The summed E-state index contributed by atoms with van der Waals surface area (Å²) in [4.78, 5) is 16.6. The summed E-state index contributed by atoms with van der Waals surface area (Å²) >= 11 is 0. The lowest BCUT2D eigenvalue weighted by atomic mass is 9.95. The highest BCUT2D eigenvalue weighted by atomic mass is 19.4. The SMILES string of the molecule is N#Cc1cccc(/C(=C\C=C\C(=O)Nc2cccc3cnccc23)c2cccc(C(F)(F)F)c2)c1. The molecule has 0 radical (unpaired) electrons. The topological polar surface area (TPSA) is 65.8 Å². The van der Waals surface area contributed by atoms with E-state index in [1.54, 1.807) is 67.0 Å². The Kier molecular flexibility index (Phi) is 6.74. The summed E-state index contributed by atoms with van der Waals surface area (Å²) in [5.41, 5.74) is 1.49. The number of aromatic nitrogens is 1. The van der Waals surface area contributed by atoms with Crippen molar-refractivity contribution in [2.75, 3.05) is 5.32 Å². The Morgan fingerprint density at radius 3 is 2.49 bits per heavy atom. The summed E-state index contributed by atoms with van der Waals surface area (Å²) in [7, 11) is 0. The first-order valence-corrected chi connectivity index (χ1v) is 10.6. The van der Waals surface area contributed by atoms with Gasteiger partial charge in [-0.3, -0.25) is 9.78 Å². The minimum absolute atomic E-state index is 0.307. The van der Waals surface area contributed by atoms with Gasteiger partial charge in [-0.1, -0.05) is 48.6 Å². The summed E-state index contributed by atoms with van der Waals surface area (Å²) in [6, 6.07) is 20.7. The van der Waals surface area contributed by atoms with E-state index in [4.69, 9.17) is 0 Å². The molecule has 4 aromatic rings. The third-order valence-electron chi connectivity index (χ3n) is 5.25. The highest BCUT2D eigenvalue weighted by Gasteiger charge is 2.30.